The third-order valence-corrected chi connectivity index (χ3v) is 11.3. The molecule has 1 amide bonds. The minimum atomic E-state index is -1.57. The van der Waals surface area contributed by atoms with Gasteiger partial charge < -0.3 is 24.6 Å². The normalized spacial score (nSPS) is 19.0. The molecule has 7 heteroatoms. The Morgan fingerprint density at radius 3 is 1.44 bits per heavy atom. The summed E-state index contributed by atoms with van der Waals surface area (Å²) in [5, 5.41) is 25.6. The van der Waals surface area contributed by atoms with E-state index in [0.29, 0.717) is 53.8 Å². The molecule has 1 aliphatic heterocycles. The van der Waals surface area contributed by atoms with E-state index in [1.165, 1.54) is 6.08 Å². The summed E-state index contributed by atoms with van der Waals surface area (Å²) in [4.78, 5) is 25.7. The summed E-state index contributed by atoms with van der Waals surface area (Å²) >= 11 is 0. The summed E-state index contributed by atoms with van der Waals surface area (Å²) in [5.74, 6) is -0.857. The lowest BCUT2D eigenvalue weighted by Crippen LogP contribution is -2.54. The summed E-state index contributed by atoms with van der Waals surface area (Å²) < 4.78 is 13.7. The van der Waals surface area contributed by atoms with Crippen molar-refractivity contribution in [3.05, 3.63) is 204 Å². The van der Waals surface area contributed by atoms with Crippen LogP contribution in [0.3, 0.4) is 0 Å². The molecule has 1 spiro atoms. The molecule has 0 radical (unpaired) electrons. The molecule has 8 rings (SSSR count). The van der Waals surface area contributed by atoms with Gasteiger partial charge in [-0.15, -0.1) is 6.58 Å². The molecule has 2 N–H and O–H groups in total. The van der Waals surface area contributed by atoms with E-state index >= 15 is 0 Å². The van der Waals surface area contributed by atoms with Crippen LogP contribution in [0.25, 0.3) is 0 Å². The number of aliphatic hydroxyl groups is 2. The number of ketones is 1. The van der Waals surface area contributed by atoms with Crippen molar-refractivity contribution in [2.24, 2.45) is 0 Å². The standard InChI is InChI=1S/C33H32O4.C17H19NO2/c34-32(25-15-5-1-6-16-25,26-17-7-2-8-18-26)29-30(37-31(36-29)23-13-14-24-31)33(35,27-19-9-3-10-20-27)28-21-11-4-12-22-28;1-2-11-18(13-14-7-4-3-5-8-14)17(20)15-9-6-10-16(19)12-15/h1-12,15-22,29-30,34-35H,13-14,23-24H2;2-5,7-8,12H,1,6,9-11,13H2/t29-,30-;/m1./s1. The molecule has 0 unspecified atom stereocenters. The molecule has 7 nitrogen and oxygen atoms in total. The highest BCUT2D eigenvalue weighted by Crippen LogP contribution is 2.54. The van der Waals surface area contributed by atoms with Gasteiger partial charge in [0.05, 0.1) is 0 Å². The van der Waals surface area contributed by atoms with Crippen molar-refractivity contribution in [3.63, 3.8) is 0 Å². The van der Waals surface area contributed by atoms with E-state index in [-0.39, 0.29) is 11.7 Å². The minimum Gasteiger partial charge on any atom is -0.378 e. The predicted molar refractivity (Wildman–Crippen MR) is 222 cm³/mol. The van der Waals surface area contributed by atoms with E-state index < -0.39 is 29.2 Å². The highest BCUT2D eigenvalue weighted by Gasteiger charge is 2.63. The Labute approximate surface area is 335 Å². The van der Waals surface area contributed by atoms with Gasteiger partial charge in [0.2, 0.25) is 5.91 Å². The quantitative estimate of drug-likeness (QED) is 0.131. The van der Waals surface area contributed by atoms with Gasteiger partial charge in [0.15, 0.2) is 11.6 Å². The number of rotatable bonds is 11. The Kier molecular flexibility index (Phi) is 12.4. The fourth-order valence-electron chi connectivity index (χ4n) is 8.47. The smallest absolute Gasteiger partial charge is 0.250 e. The number of hydrogen-bond acceptors (Lipinski definition) is 6. The second-order valence-electron chi connectivity index (χ2n) is 15.1. The molecular weight excluding hydrogens is 711 g/mol. The van der Waals surface area contributed by atoms with Crippen LogP contribution in [0.4, 0.5) is 0 Å². The number of allylic oxidation sites excluding steroid dienone is 1. The Balaban J connectivity index is 0.000000210. The molecule has 2 fully saturated rings. The van der Waals surface area contributed by atoms with Gasteiger partial charge in [-0.05, 0) is 59.6 Å². The molecule has 5 aromatic carbocycles. The predicted octanol–water partition coefficient (Wildman–Crippen LogP) is 8.79. The van der Waals surface area contributed by atoms with Gasteiger partial charge in [-0.2, -0.15) is 0 Å². The molecule has 0 bridgehead atoms. The number of hydrogen-bond donors (Lipinski definition) is 2. The van der Waals surface area contributed by atoms with Crippen molar-refractivity contribution in [2.75, 3.05) is 6.54 Å². The zero-order valence-corrected chi connectivity index (χ0v) is 32.3. The van der Waals surface area contributed by atoms with Crippen LogP contribution >= 0.6 is 0 Å². The second-order valence-corrected chi connectivity index (χ2v) is 15.1. The highest BCUT2D eigenvalue weighted by atomic mass is 16.8. The van der Waals surface area contributed by atoms with Crippen molar-refractivity contribution >= 4 is 11.7 Å². The lowest BCUT2D eigenvalue weighted by atomic mass is 9.72. The third kappa shape index (κ3) is 8.48. The zero-order chi connectivity index (χ0) is 39.7. The molecule has 5 aromatic rings. The first kappa shape index (κ1) is 39.8. The first-order chi connectivity index (χ1) is 27.8. The molecule has 0 aromatic heterocycles. The van der Waals surface area contributed by atoms with Gasteiger partial charge in [-0.25, -0.2) is 0 Å². The van der Waals surface area contributed by atoms with Crippen LogP contribution in [-0.4, -0.2) is 51.3 Å². The van der Waals surface area contributed by atoms with Crippen LogP contribution in [0.1, 0.15) is 72.8 Å². The maximum absolute atomic E-state index is 12.8. The first-order valence-electron chi connectivity index (χ1n) is 20.0. The van der Waals surface area contributed by atoms with Crippen LogP contribution in [0, 0.1) is 0 Å². The summed E-state index contributed by atoms with van der Waals surface area (Å²) in [6.07, 6.45) is 6.85. The van der Waals surface area contributed by atoms with E-state index in [0.717, 1.165) is 37.7 Å². The Morgan fingerprint density at radius 2 is 1.05 bits per heavy atom. The highest BCUT2D eigenvalue weighted by molar-refractivity contribution is 6.02. The van der Waals surface area contributed by atoms with Gasteiger partial charge in [-0.1, -0.05) is 158 Å². The van der Waals surface area contributed by atoms with Crippen molar-refractivity contribution in [1.82, 2.24) is 4.90 Å². The van der Waals surface area contributed by atoms with Gasteiger partial charge in [0.25, 0.3) is 0 Å². The molecule has 3 aliphatic rings. The fraction of sp³-hybridized carbons (Fsp3) is 0.280. The number of nitrogens with zero attached hydrogens (tertiary/aromatic N) is 1. The minimum absolute atomic E-state index is 0.0536. The van der Waals surface area contributed by atoms with Gasteiger partial charge in [0.1, 0.15) is 23.4 Å². The largest absolute Gasteiger partial charge is 0.378 e. The van der Waals surface area contributed by atoms with E-state index in [1.54, 1.807) is 11.0 Å². The number of benzene rings is 5. The number of carbonyl (C=O) groups excluding carboxylic acids is 2. The van der Waals surface area contributed by atoms with Crippen molar-refractivity contribution in [3.8, 4) is 0 Å². The topological polar surface area (TPSA) is 96.3 Å². The van der Waals surface area contributed by atoms with E-state index in [1.807, 2.05) is 152 Å². The molecule has 2 aliphatic carbocycles. The van der Waals surface area contributed by atoms with Crippen molar-refractivity contribution < 1.29 is 29.3 Å². The lowest BCUT2D eigenvalue weighted by Gasteiger charge is -2.42. The lowest BCUT2D eigenvalue weighted by molar-refractivity contribution is -0.192. The maximum atomic E-state index is 12.8. The van der Waals surface area contributed by atoms with Gasteiger partial charge >= 0.3 is 0 Å². The third-order valence-electron chi connectivity index (χ3n) is 11.3. The number of carbonyl (C=O) groups is 2. The zero-order valence-electron chi connectivity index (χ0n) is 32.3. The Bertz CT molecular complexity index is 1940. The summed E-state index contributed by atoms with van der Waals surface area (Å²) in [6.45, 7) is 4.73. The Morgan fingerprint density at radius 1 is 0.649 bits per heavy atom. The molecule has 1 heterocycles. The van der Waals surface area contributed by atoms with E-state index in [9.17, 15) is 19.8 Å². The SMILES string of the molecule is C=CCN(Cc1ccccc1)C(=O)C1=CC(=O)CCC1.OC(c1ccccc1)(c1ccccc1)[C@@H]1OC2(CCCC2)O[C@H]1C(O)(c1ccccc1)c1ccccc1. The van der Waals surface area contributed by atoms with Gasteiger partial charge in [-0.3, -0.25) is 9.59 Å². The summed E-state index contributed by atoms with van der Waals surface area (Å²) in [5.41, 5.74) is 1.32. The van der Waals surface area contributed by atoms with Crippen LogP contribution in [0.2, 0.25) is 0 Å². The monoisotopic (exact) mass is 761 g/mol. The summed E-state index contributed by atoms with van der Waals surface area (Å²) in [7, 11) is 0. The average molecular weight is 762 g/mol. The molecule has 292 valence electrons. The van der Waals surface area contributed by atoms with Crippen LogP contribution in [0.5, 0.6) is 0 Å². The summed E-state index contributed by atoms with van der Waals surface area (Å²) in [6, 6.07) is 48.2. The maximum Gasteiger partial charge on any atom is 0.250 e. The van der Waals surface area contributed by atoms with Crippen LogP contribution in [-0.2, 0) is 36.8 Å². The van der Waals surface area contributed by atoms with Crippen molar-refractivity contribution in [2.45, 2.75) is 80.7 Å². The number of ether oxygens (including phenoxy) is 2. The van der Waals surface area contributed by atoms with Crippen LogP contribution in [0.15, 0.2) is 176 Å². The van der Waals surface area contributed by atoms with E-state index in [4.69, 9.17) is 9.47 Å². The molecule has 57 heavy (non-hydrogen) atoms. The molecule has 1 saturated carbocycles. The van der Waals surface area contributed by atoms with E-state index in [2.05, 4.69) is 6.58 Å². The van der Waals surface area contributed by atoms with Crippen LogP contribution < -0.4 is 0 Å². The fourth-order valence-corrected chi connectivity index (χ4v) is 8.47. The molecule has 1 saturated heterocycles. The molecular formula is C50H51NO6. The van der Waals surface area contributed by atoms with Gasteiger partial charge in [0, 0.05) is 37.9 Å². The average Bonchev–Trinajstić information content (AvgIpc) is 3.91. The first-order valence-corrected chi connectivity index (χ1v) is 20.0. The second kappa shape index (κ2) is 17.8. The Hall–Kier alpha value is -5.44. The molecule has 2 atom stereocenters. The number of amides is 1. The van der Waals surface area contributed by atoms with Crippen molar-refractivity contribution in [1.29, 1.82) is 0 Å².